The molecule has 2 aliphatic rings. The average molecular weight is 526 g/mol. The molecule has 2 fully saturated rings. The number of likely N-dealkylation sites (tertiary alicyclic amines) is 1. The van der Waals surface area contributed by atoms with Crippen LogP contribution in [0.15, 0.2) is 4.99 Å². The van der Waals surface area contributed by atoms with Crippen molar-refractivity contribution < 1.29 is 19.0 Å². The standard InChI is InChI=1S/C20H38N4O4.HI/c1-5-21-18(22-10-7-12-26-15-17-8-6-13-27-17)24-11-9-16(14-24)23-19(25)28-20(2,3)4;/h16-17H,5-15H2,1-4H3,(H,21,22)(H,23,25);1H. The number of carbonyl (C=O) groups excluding carboxylic acids is 1. The maximum Gasteiger partial charge on any atom is 0.407 e. The van der Waals surface area contributed by atoms with E-state index in [4.69, 9.17) is 19.2 Å². The van der Waals surface area contributed by atoms with Crippen LogP contribution in [0.25, 0.3) is 0 Å². The molecular formula is C20H39IN4O4. The van der Waals surface area contributed by atoms with Crippen LogP contribution in [0.2, 0.25) is 0 Å². The van der Waals surface area contributed by atoms with E-state index in [1.165, 1.54) is 0 Å². The van der Waals surface area contributed by atoms with E-state index in [-0.39, 0.29) is 42.2 Å². The number of rotatable bonds is 8. The lowest BCUT2D eigenvalue weighted by molar-refractivity contribution is 0.0170. The molecule has 2 aliphatic heterocycles. The van der Waals surface area contributed by atoms with Gasteiger partial charge in [-0.05, 0) is 53.4 Å². The summed E-state index contributed by atoms with van der Waals surface area (Å²) < 4.78 is 16.6. The van der Waals surface area contributed by atoms with Gasteiger partial charge in [0.25, 0.3) is 0 Å². The van der Waals surface area contributed by atoms with Crippen LogP contribution < -0.4 is 10.6 Å². The fraction of sp³-hybridized carbons (Fsp3) is 0.900. The van der Waals surface area contributed by atoms with Gasteiger partial charge < -0.3 is 29.7 Å². The van der Waals surface area contributed by atoms with E-state index in [1.54, 1.807) is 0 Å². The Morgan fingerprint density at radius 3 is 2.76 bits per heavy atom. The molecule has 2 heterocycles. The van der Waals surface area contributed by atoms with Gasteiger partial charge in [-0.15, -0.1) is 24.0 Å². The second kappa shape index (κ2) is 13.5. The van der Waals surface area contributed by atoms with Gasteiger partial charge in [-0.2, -0.15) is 0 Å². The van der Waals surface area contributed by atoms with E-state index in [2.05, 4.69) is 22.5 Å². The largest absolute Gasteiger partial charge is 0.444 e. The Morgan fingerprint density at radius 1 is 1.31 bits per heavy atom. The number of amides is 1. The first kappa shape index (κ1) is 26.2. The smallest absolute Gasteiger partial charge is 0.407 e. The summed E-state index contributed by atoms with van der Waals surface area (Å²) in [5.74, 6) is 0.898. The fourth-order valence-corrected chi connectivity index (χ4v) is 3.31. The van der Waals surface area contributed by atoms with Crippen LogP contribution in [0.5, 0.6) is 0 Å². The molecule has 0 saturated carbocycles. The molecule has 2 unspecified atom stereocenters. The highest BCUT2D eigenvalue weighted by molar-refractivity contribution is 14.0. The van der Waals surface area contributed by atoms with Gasteiger partial charge in [0.15, 0.2) is 5.96 Å². The first-order chi connectivity index (χ1) is 13.4. The highest BCUT2D eigenvalue weighted by Gasteiger charge is 2.27. The molecule has 8 nitrogen and oxygen atoms in total. The number of alkyl carbamates (subject to hydrolysis) is 1. The number of halogens is 1. The van der Waals surface area contributed by atoms with E-state index < -0.39 is 5.60 Å². The van der Waals surface area contributed by atoms with Crippen molar-refractivity contribution >= 4 is 36.0 Å². The quantitative estimate of drug-likeness (QED) is 0.219. The number of nitrogens with zero attached hydrogens (tertiary/aromatic N) is 2. The second-order valence-corrected chi connectivity index (χ2v) is 8.38. The Labute approximate surface area is 192 Å². The van der Waals surface area contributed by atoms with Gasteiger partial charge >= 0.3 is 6.09 Å². The summed E-state index contributed by atoms with van der Waals surface area (Å²) in [5.41, 5.74) is -0.481. The molecule has 29 heavy (non-hydrogen) atoms. The number of hydrogen-bond acceptors (Lipinski definition) is 5. The molecular weight excluding hydrogens is 487 g/mol. The number of guanidine groups is 1. The van der Waals surface area contributed by atoms with Gasteiger partial charge in [0.1, 0.15) is 5.60 Å². The molecule has 0 aliphatic carbocycles. The summed E-state index contributed by atoms with van der Waals surface area (Å²) >= 11 is 0. The third kappa shape index (κ3) is 10.7. The van der Waals surface area contributed by atoms with Crippen molar-refractivity contribution in [3.8, 4) is 0 Å². The number of ether oxygens (including phenoxy) is 3. The molecule has 1 amide bonds. The minimum Gasteiger partial charge on any atom is -0.444 e. The van der Waals surface area contributed by atoms with Crippen LogP contribution >= 0.6 is 24.0 Å². The molecule has 2 atom stereocenters. The minimum absolute atomic E-state index is 0. The maximum atomic E-state index is 12.0. The van der Waals surface area contributed by atoms with Gasteiger partial charge in [-0.3, -0.25) is 4.99 Å². The molecule has 2 N–H and O–H groups in total. The van der Waals surface area contributed by atoms with E-state index >= 15 is 0 Å². The lowest BCUT2D eigenvalue weighted by Crippen LogP contribution is -2.44. The van der Waals surface area contributed by atoms with Crippen LogP contribution in [-0.2, 0) is 14.2 Å². The Morgan fingerprint density at radius 2 is 2.10 bits per heavy atom. The lowest BCUT2D eigenvalue weighted by atomic mass is 10.2. The molecule has 0 aromatic heterocycles. The van der Waals surface area contributed by atoms with Crippen LogP contribution in [0, 0.1) is 0 Å². The summed E-state index contributed by atoms with van der Waals surface area (Å²) in [7, 11) is 0. The Kier molecular flexibility index (Phi) is 12.2. The number of hydrogen-bond donors (Lipinski definition) is 2. The number of aliphatic imine (C=N–C) groups is 1. The summed E-state index contributed by atoms with van der Waals surface area (Å²) in [4.78, 5) is 18.9. The molecule has 2 saturated heterocycles. The van der Waals surface area contributed by atoms with Gasteiger partial charge in [-0.1, -0.05) is 0 Å². The molecule has 2 rings (SSSR count). The lowest BCUT2D eigenvalue weighted by Gasteiger charge is -2.23. The van der Waals surface area contributed by atoms with Crippen LogP contribution in [-0.4, -0.2) is 80.7 Å². The monoisotopic (exact) mass is 526 g/mol. The second-order valence-electron chi connectivity index (χ2n) is 8.38. The SMILES string of the molecule is CCNC(=NCCCOCC1CCCO1)N1CCC(NC(=O)OC(C)(C)C)C1.I. The first-order valence-electron chi connectivity index (χ1n) is 10.6. The van der Waals surface area contributed by atoms with Crippen LogP contribution in [0.4, 0.5) is 4.79 Å². The predicted octanol–water partition coefficient (Wildman–Crippen LogP) is 2.75. The molecule has 170 valence electrons. The molecule has 0 radical (unpaired) electrons. The zero-order chi connectivity index (χ0) is 20.4. The summed E-state index contributed by atoms with van der Waals surface area (Å²) in [6.07, 6.45) is 3.94. The molecule has 0 spiro atoms. The van der Waals surface area contributed by atoms with E-state index in [0.717, 1.165) is 57.9 Å². The van der Waals surface area contributed by atoms with Crippen molar-refractivity contribution in [3.05, 3.63) is 0 Å². The number of nitrogens with one attached hydrogen (secondary N) is 2. The topological polar surface area (TPSA) is 84.4 Å². The summed E-state index contributed by atoms with van der Waals surface area (Å²) in [5, 5.41) is 6.30. The summed E-state index contributed by atoms with van der Waals surface area (Å²) in [6, 6.07) is 0.0773. The van der Waals surface area contributed by atoms with Crippen molar-refractivity contribution in [1.29, 1.82) is 0 Å². The van der Waals surface area contributed by atoms with E-state index in [1.807, 2.05) is 20.8 Å². The summed E-state index contributed by atoms with van der Waals surface area (Å²) in [6.45, 7) is 13.1. The van der Waals surface area contributed by atoms with Crippen molar-refractivity contribution in [3.63, 3.8) is 0 Å². The van der Waals surface area contributed by atoms with Crippen molar-refractivity contribution in [2.24, 2.45) is 4.99 Å². The number of carbonyl (C=O) groups is 1. The first-order valence-corrected chi connectivity index (χ1v) is 10.6. The maximum absolute atomic E-state index is 12.0. The molecule has 0 aromatic rings. The van der Waals surface area contributed by atoms with Crippen molar-refractivity contribution in [1.82, 2.24) is 15.5 Å². The normalized spacial score (nSPS) is 22.3. The molecule has 0 aromatic carbocycles. The van der Waals surface area contributed by atoms with Gasteiger partial charge in [-0.25, -0.2) is 4.79 Å². The molecule has 9 heteroatoms. The third-order valence-corrected chi connectivity index (χ3v) is 4.58. The highest BCUT2D eigenvalue weighted by Crippen LogP contribution is 2.13. The average Bonchev–Trinajstić information content (AvgIpc) is 3.27. The minimum atomic E-state index is -0.481. The van der Waals surface area contributed by atoms with Gasteiger partial charge in [0, 0.05) is 39.4 Å². The van der Waals surface area contributed by atoms with Crippen molar-refractivity contribution in [2.75, 3.05) is 46.0 Å². The third-order valence-electron chi connectivity index (χ3n) is 4.58. The van der Waals surface area contributed by atoms with Crippen LogP contribution in [0.1, 0.15) is 53.4 Å². The van der Waals surface area contributed by atoms with E-state index in [0.29, 0.717) is 19.8 Å². The van der Waals surface area contributed by atoms with Gasteiger partial charge in [0.05, 0.1) is 18.8 Å². The van der Waals surface area contributed by atoms with Crippen molar-refractivity contribution in [2.45, 2.75) is 71.1 Å². The fourth-order valence-electron chi connectivity index (χ4n) is 3.31. The predicted molar refractivity (Wildman–Crippen MR) is 125 cm³/mol. The highest BCUT2D eigenvalue weighted by atomic mass is 127. The van der Waals surface area contributed by atoms with Crippen LogP contribution in [0.3, 0.4) is 0 Å². The Hall–Kier alpha value is -0.810. The van der Waals surface area contributed by atoms with Gasteiger partial charge in [0.2, 0.25) is 0 Å². The zero-order valence-electron chi connectivity index (χ0n) is 18.4. The Bertz CT molecular complexity index is 507. The molecule has 0 bridgehead atoms. The van der Waals surface area contributed by atoms with E-state index in [9.17, 15) is 4.79 Å². The zero-order valence-corrected chi connectivity index (χ0v) is 20.7. The Balaban J connectivity index is 0.00000420.